The number of halogens is 1. The maximum Gasteiger partial charge on any atom is 0.169 e. The molecule has 0 atom stereocenters. The Morgan fingerprint density at radius 1 is 1.42 bits per heavy atom. The van der Waals surface area contributed by atoms with E-state index < -0.39 is 0 Å². The van der Waals surface area contributed by atoms with Crippen LogP contribution in [0.1, 0.15) is 16.8 Å². The summed E-state index contributed by atoms with van der Waals surface area (Å²) in [7, 11) is 0. The second-order valence-electron chi connectivity index (χ2n) is 2.66. The molecule has 62 valence electrons. The summed E-state index contributed by atoms with van der Waals surface area (Å²) < 4.78 is 5.27. The number of hydrogen-bond donors (Lipinski definition) is 0. The number of hydrogen-bond acceptors (Lipinski definition) is 2. The second-order valence-corrected chi connectivity index (χ2v) is 3.10. The molecule has 0 bridgehead atoms. The average Bonchev–Trinajstić information content (AvgIpc) is 2.04. The zero-order chi connectivity index (χ0) is 8.55. The molecule has 3 heteroatoms. The lowest BCUT2D eigenvalue weighted by Crippen LogP contribution is -2.14. The quantitative estimate of drug-likeness (QED) is 0.616. The largest absolute Gasteiger partial charge is 0.492 e. The van der Waals surface area contributed by atoms with Crippen LogP contribution in [0.15, 0.2) is 18.2 Å². The molecule has 0 saturated carbocycles. The van der Waals surface area contributed by atoms with Gasteiger partial charge in [0.2, 0.25) is 0 Å². The molecule has 12 heavy (non-hydrogen) atoms. The van der Waals surface area contributed by atoms with Crippen molar-refractivity contribution in [1.82, 2.24) is 0 Å². The van der Waals surface area contributed by atoms with Crippen molar-refractivity contribution >= 4 is 17.4 Å². The van der Waals surface area contributed by atoms with Crippen molar-refractivity contribution in [2.45, 2.75) is 6.42 Å². The van der Waals surface area contributed by atoms with E-state index in [2.05, 4.69) is 0 Å². The van der Waals surface area contributed by atoms with E-state index in [1.807, 2.05) is 0 Å². The van der Waals surface area contributed by atoms with E-state index in [1.54, 1.807) is 18.2 Å². The third-order valence-electron chi connectivity index (χ3n) is 1.83. The van der Waals surface area contributed by atoms with E-state index in [-0.39, 0.29) is 5.78 Å². The number of ether oxygens (including phenoxy) is 1. The summed E-state index contributed by atoms with van der Waals surface area (Å²) in [6.45, 7) is 0.464. The van der Waals surface area contributed by atoms with Gasteiger partial charge in [0.25, 0.3) is 0 Å². The third-order valence-corrected chi connectivity index (χ3v) is 2.07. The summed E-state index contributed by atoms with van der Waals surface area (Å²) in [5, 5.41) is 0.600. The number of rotatable bonds is 0. The van der Waals surface area contributed by atoms with Gasteiger partial charge in [-0.2, -0.15) is 0 Å². The van der Waals surface area contributed by atoms with Crippen LogP contribution in [0, 0.1) is 0 Å². The molecule has 0 unspecified atom stereocenters. The van der Waals surface area contributed by atoms with Crippen molar-refractivity contribution in [2.24, 2.45) is 0 Å². The second kappa shape index (κ2) is 2.79. The summed E-state index contributed by atoms with van der Waals surface area (Å²) in [4.78, 5) is 11.3. The maximum absolute atomic E-state index is 11.3. The van der Waals surface area contributed by atoms with Crippen molar-refractivity contribution < 1.29 is 9.53 Å². The molecule has 0 N–H and O–H groups in total. The van der Waals surface area contributed by atoms with Crippen LogP contribution in [0.5, 0.6) is 5.75 Å². The molecule has 1 aliphatic rings. The molecule has 0 aromatic heterocycles. The van der Waals surface area contributed by atoms with E-state index in [9.17, 15) is 4.79 Å². The first-order valence-electron chi connectivity index (χ1n) is 3.73. The molecule has 0 amide bonds. The number of carbonyl (C=O) groups excluding carboxylic acids is 1. The van der Waals surface area contributed by atoms with E-state index >= 15 is 0 Å². The Bertz CT molecular complexity index is 333. The summed E-state index contributed by atoms with van der Waals surface area (Å²) in [6.07, 6.45) is 0.467. The Balaban J connectivity index is 2.53. The minimum Gasteiger partial charge on any atom is -0.492 e. The number of fused-ring (bicyclic) bond motifs is 1. The zero-order valence-electron chi connectivity index (χ0n) is 6.34. The molecule has 2 rings (SSSR count). The third kappa shape index (κ3) is 1.18. The van der Waals surface area contributed by atoms with Gasteiger partial charge in [-0.1, -0.05) is 11.6 Å². The lowest BCUT2D eigenvalue weighted by molar-refractivity contribution is 0.0933. The Morgan fingerprint density at radius 3 is 3.08 bits per heavy atom. The van der Waals surface area contributed by atoms with Crippen LogP contribution in [0.2, 0.25) is 5.02 Å². The molecule has 0 fully saturated rings. The summed E-state index contributed by atoms with van der Waals surface area (Å²) in [5.41, 5.74) is 0.644. The van der Waals surface area contributed by atoms with Gasteiger partial charge in [-0.05, 0) is 18.2 Å². The number of ketones is 1. The highest BCUT2D eigenvalue weighted by atomic mass is 35.5. The van der Waals surface area contributed by atoms with Crippen molar-refractivity contribution in [3.63, 3.8) is 0 Å². The van der Waals surface area contributed by atoms with Crippen LogP contribution in [-0.4, -0.2) is 12.4 Å². The summed E-state index contributed by atoms with van der Waals surface area (Å²) in [6, 6.07) is 5.08. The first-order chi connectivity index (χ1) is 5.77. The normalized spacial score (nSPS) is 15.2. The molecule has 0 aliphatic carbocycles. The number of benzene rings is 1. The smallest absolute Gasteiger partial charge is 0.169 e. The van der Waals surface area contributed by atoms with Crippen LogP contribution >= 0.6 is 11.6 Å². The fourth-order valence-electron chi connectivity index (χ4n) is 1.23. The van der Waals surface area contributed by atoms with Crippen molar-refractivity contribution in [1.29, 1.82) is 0 Å². The van der Waals surface area contributed by atoms with Gasteiger partial charge >= 0.3 is 0 Å². The van der Waals surface area contributed by atoms with Crippen LogP contribution < -0.4 is 4.74 Å². The van der Waals surface area contributed by atoms with Gasteiger partial charge in [-0.15, -0.1) is 0 Å². The maximum atomic E-state index is 11.3. The van der Waals surface area contributed by atoms with Gasteiger partial charge in [-0.25, -0.2) is 0 Å². The predicted molar refractivity (Wildman–Crippen MR) is 45.9 cm³/mol. The van der Waals surface area contributed by atoms with Gasteiger partial charge < -0.3 is 4.74 Å². The van der Waals surface area contributed by atoms with Crippen molar-refractivity contribution in [2.75, 3.05) is 6.61 Å². The van der Waals surface area contributed by atoms with E-state index in [0.717, 1.165) is 0 Å². The molecular formula is C9H7ClO2. The lowest BCUT2D eigenvalue weighted by Gasteiger charge is -2.15. The Morgan fingerprint density at radius 2 is 2.25 bits per heavy atom. The fraction of sp³-hybridized carbons (Fsp3) is 0.222. The van der Waals surface area contributed by atoms with Crippen molar-refractivity contribution in [3.05, 3.63) is 28.8 Å². The van der Waals surface area contributed by atoms with E-state index in [0.29, 0.717) is 29.4 Å². The number of carbonyl (C=O) groups is 1. The first kappa shape index (κ1) is 7.62. The molecule has 2 nitrogen and oxygen atoms in total. The Hall–Kier alpha value is -1.02. The fourth-order valence-corrected chi connectivity index (χ4v) is 1.40. The number of Topliss-reactive ketones (excluding diaryl/α,β-unsaturated/α-hetero) is 1. The van der Waals surface area contributed by atoms with Gasteiger partial charge in [-0.3, -0.25) is 4.79 Å². The molecule has 0 spiro atoms. The van der Waals surface area contributed by atoms with Gasteiger partial charge in [0, 0.05) is 11.4 Å². The molecule has 0 saturated heterocycles. The predicted octanol–water partition coefficient (Wildman–Crippen LogP) is 2.31. The molecule has 1 heterocycles. The Labute approximate surface area is 75.1 Å². The minimum absolute atomic E-state index is 0.132. The molecule has 0 radical (unpaired) electrons. The molecule has 1 aromatic carbocycles. The highest BCUT2D eigenvalue weighted by Gasteiger charge is 2.17. The first-order valence-corrected chi connectivity index (χ1v) is 4.11. The van der Waals surface area contributed by atoms with Gasteiger partial charge in [0.1, 0.15) is 5.75 Å². The van der Waals surface area contributed by atoms with Crippen molar-refractivity contribution in [3.8, 4) is 5.75 Å². The van der Waals surface area contributed by atoms with Gasteiger partial charge in [0.15, 0.2) is 5.78 Å². The van der Waals surface area contributed by atoms with Gasteiger partial charge in [0.05, 0.1) is 12.2 Å². The monoisotopic (exact) mass is 182 g/mol. The standard InChI is InChI=1S/C9H7ClO2/c10-6-1-2-7-8(11)3-4-12-9(7)5-6/h1-2,5H,3-4H2. The average molecular weight is 183 g/mol. The van der Waals surface area contributed by atoms with Crippen LogP contribution in [0.4, 0.5) is 0 Å². The highest BCUT2D eigenvalue weighted by Crippen LogP contribution is 2.27. The summed E-state index contributed by atoms with van der Waals surface area (Å²) in [5.74, 6) is 0.742. The molecular weight excluding hydrogens is 176 g/mol. The molecule has 1 aromatic rings. The SMILES string of the molecule is O=C1CCOc2cc(Cl)ccc21. The minimum atomic E-state index is 0.132. The topological polar surface area (TPSA) is 26.3 Å². The highest BCUT2D eigenvalue weighted by molar-refractivity contribution is 6.30. The van der Waals surface area contributed by atoms with E-state index in [1.165, 1.54) is 0 Å². The lowest BCUT2D eigenvalue weighted by atomic mass is 10.1. The molecule has 1 aliphatic heterocycles. The van der Waals surface area contributed by atoms with Crippen LogP contribution in [0.3, 0.4) is 0 Å². The van der Waals surface area contributed by atoms with Crippen LogP contribution in [0.25, 0.3) is 0 Å². The van der Waals surface area contributed by atoms with Crippen LogP contribution in [-0.2, 0) is 0 Å². The summed E-state index contributed by atoms with van der Waals surface area (Å²) >= 11 is 5.73. The van der Waals surface area contributed by atoms with E-state index in [4.69, 9.17) is 16.3 Å². The Kier molecular flexibility index (Phi) is 1.77. The zero-order valence-corrected chi connectivity index (χ0v) is 7.10.